The van der Waals surface area contributed by atoms with Crippen molar-refractivity contribution < 1.29 is 4.79 Å². The molecule has 3 nitrogen and oxygen atoms in total. The van der Waals surface area contributed by atoms with Crippen LogP contribution in [0.1, 0.15) is 10.4 Å². The third kappa shape index (κ3) is 3.91. The van der Waals surface area contributed by atoms with E-state index in [1.165, 1.54) is 0 Å². The highest BCUT2D eigenvalue weighted by Crippen LogP contribution is 2.14. The summed E-state index contributed by atoms with van der Waals surface area (Å²) in [5.74, 6) is -0.313. The quantitative estimate of drug-likeness (QED) is 0.513. The van der Waals surface area contributed by atoms with E-state index in [0.717, 1.165) is 10.2 Å². The van der Waals surface area contributed by atoms with Crippen LogP contribution in [-0.4, -0.2) is 11.0 Å². The molecule has 0 aliphatic heterocycles. The molecule has 0 atom stereocenters. The number of nitrogens with zero attached hydrogens (tertiary/aromatic N) is 1. The monoisotopic (exact) mass is 336 g/mol. The average molecular weight is 338 g/mol. The van der Waals surface area contributed by atoms with Crippen molar-refractivity contribution >= 4 is 44.2 Å². The van der Waals surface area contributed by atoms with Gasteiger partial charge in [-0.25, -0.2) is 0 Å². The van der Waals surface area contributed by atoms with Gasteiger partial charge in [-0.3, -0.25) is 10.2 Å². The van der Waals surface area contributed by atoms with Crippen LogP contribution in [0.5, 0.6) is 0 Å². The fraction of sp³-hybridized carbons (Fsp3) is 0. The van der Waals surface area contributed by atoms with E-state index < -0.39 is 0 Å². The van der Waals surface area contributed by atoms with Crippen LogP contribution in [0.3, 0.4) is 0 Å². The molecule has 1 N–H and O–H groups in total. The number of Topliss-reactive ketones (excluding diaryl/α,β-unsaturated/α-hetero) is 1. The second kappa shape index (κ2) is 6.50. The first kappa shape index (κ1) is 13.8. The maximum absolute atomic E-state index is 11.9. The summed E-state index contributed by atoms with van der Waals surface area (Å²) >= 11 is 9.21. The number of hydrogen-bond acceptors (Lipinski definition) is 3. The van der Waals surface area contributed by atoms with Crippen molar-refractivity contribution in [2.75, 3.05) is 5.43 Å². The number of nitrogens with one attached hydrogen (secondary N) is 1. The van der Waals surface area contributed by atoms with Crippen molar-refractivity contribution in [3.05, 3.63) is 64.6 Å². The summed E-state index contributed by atoms with van der Waals surface area (Å²) < 4.78 is 0.966. The van der Waals surface area contributed by atoms with Gasteiger partial charge >= 0.3 is 0 Å². The van der Waals surface area contributed by atoms with E-state index in [1.807, 2.05) is 30.3 Å². The van der Waals surface area contributed by atoms with Crippen molar-refractivity contribution in [2.24, 2.45) is 5.10 Å². The number of hydrazone groups is 1. The number of ketones is 1. The predicted octanol–water partition coefficient (Wildman–Crippen LogP) is 4.30. The molecule has 2 aromatic carbocycles. The van der Waals surface area contributed by atoms with Gasteiger partial charge in [-0.05, 0) is 24.3 Å². The van der Waals surface area contributed by atoms with E-state index >= 15 is 0 Å². The molecule has 0 aromatic heterocycles. The van der Waals surface area contributed by atoms with Gasteiger partial charge in [0, 0.05) is 10.0 Å². The Bertz CT molecular complexity index is 597. The Balaban J connectivity index is 2.07. The molecule has 0 bridgehead atoms. The van der Waals surface area contributed by atoms with Gasteiger partial charge in [0.05, 0.1) is 5.69 Å². The molecule has 5 heteroatoms. The number of carbonyl (C=O) groups is 1. The van der Waals surface area contributed by atoms with Crippen molar-refractivity contribution in [2.45, 2.75) is 0 Å². The van der Waals surface area contributed by atoms with Crippen LogP contribution >= 0.6 is 27.5 Å². The molecule has 2 rings (SSSR count). The summed E-state index contributed by atoms with van der Waals surface area (Å²) in [4.78, 5) is 11.9. The zero-order chi connectivity index (χ0) is 13.7. The molecule has 96 valence electrons. The van der Waals surface area contributed by atoms with Gasteiger partial charge in [0.1, 0.15) is 0 Å². The number of rotatable bonds is 4. The molecular formula is C14H10BrClN2O. The lowest BCUT2D eigenvalue weighted by Gasteiger charge is -2.02. The Morgan fingerprint density at radius 3 is 2.32 bits per heavy atom. The van der Waals surface area contributed by atoms with Crippen LogP contribution < -0.4 is 5.43 Å². The first-order valence-corrected chi connectivity index (χ1v) is 6.68. The molecule has 0 saturated heterocycles. The molecule has 0 heterocycles. The lowest BCUT2D eigenvalue weighted by atomic mass is 10.1. The van der Waals surface area contributed by atoms with Crippen LogP contribution in [0.25, 0.3) is 0 Å². The van der Waals surface area contributed by atoms with Crippen molar-refractivity contribution in [1.82, 2.24) is 0 Å². The first-order chi connectivity index (χ1) is 9.16. The van der Waals surface area contributed by atoms with Crippen molar-refractivity contribution in [1.29, 1.82) is 0 Å². The fourth-order valence-corrected chi connectivity index (χ4v) is 1.81. The topological polar surface area (TPSA) is 41.5 Å². The minimum Gasteiger partial charge on any atom is -0.286 e. The number of halogens is 2. The molecule has 0 aliphatic carbocycles. The second-order valence-corrected chi connectivity index (χ2v) is 4.99. The summed E-state index contributed by atoms with van der Waals surface area (Å²) in [6.45, 7) is 0. The number of carbonyl (C=O) groups excluding carboxylic acids is 1. The van der Waals surface area contributed by atoms with Gasteiger partial charge in [0.25, 0.3) is 0 Å². The zero-order valence-corrected chi connectivity index (χ0v) is 12.1. The van der Waals surface area contributed by atoms with Crippen LogP contribution in [0, 0.1) is 0 Å². The van der Waals surface area contributed by atoms with Crippen LogP contribution in [-0.2, 0) is 0 Å². The molecule has 0 unspecified atom stereocenters. The van der Waals surface area contributed by atoms with Crippen LogP contribution in [0.2, 0.25) is 0 Å². The van der Waals surface area contributed by atoms with E-state index in [1.54, 1.807) is 24.3 Å². The van der Waals surface area contributed by atoms with Gasteiger partial charge in [-0.1, -0.05) is 57.9 Å². The molecule has 0 amide bonds. The highest BCUT2D eigenvalue weighted by atomic mass is 79.9. The van der Waals surface area contributed by atoms with Gasteiger partial charge in [0.15, 0.2) is 5.17 Å². The highest BCUT2D eigenvalue weighted by molar-refractivity contribution is 9.10. The molecule has 0 aliphatic rings. The Kier molecular flexibility index (Phi) is 4.71. The second-order valence-electron chi connectivity index (χ2n) is 3.72. The highest BCUT2D eigenvalue weighted by Gasteiger charge is 2.10. The minimum absolute atomic E-state index is 0.103. The van der Waals surface area contributed by atoms with E-state index in [2.05, 4.69) is 26.5 Å². The fourth-order valence-electron chi connectivity index (χ4n) is 1.40. The Labute approximate surface area is 124 Å². The van der Waals surface area contributed by atoms with Gasteiger partial charge < -0.3 is 0 Å². The standard InChI is InChI=1S/C14H10BrClN2O/c15-11-6-8-12(9-7-11)17-18-14(16)13(19)10-4-2-1-3-5-10/h1-9,17H/b18-14-. The molecule has 0 spiro atoms. The molecule has 0 saturated carbocycles. The smallest absolute Gasteiger partial charge is 0.224 e. The molecular weight excluding hydrogens is 328 g/mol. The Morgan fingerprint density at radius 2 is 1.68 bits per heavy atom. The Morgan fingerprint density at radius 1 is 1.05 bits per heavy atom. The molecule has 0 fully saturated rings. The Hall–Kier alpha value is -1.65. The number of hydrogen-bond donors (Lipinski definition) is 1. The third-order valence-electron chi connectivity index (χ3n) is 2.35. The summed E-state index contributed by atoms with van der Waals surface area (Å²) in [7, 11) is 0. The van der Waals surface area contributed by atoms with Crippen LogP contribution in [0.4, 0.5) is 5.69 Å². The predicted molar refractivity (Wildman–Crippen MR) is 81.8 cm³/mol. The zero-order valence-electron chi connectivity index (χ0n) is 9.81. The van der Waals surface area contributed by atoms with Crippen LogP contribution in [0.15, 0.2) is 64.2 Å². The maximum Gasteiger partial charge on any atom is 0.224 e. The van der Waals surface area contributed by atoms with Gasteiger partial charge in [-0.2, -0.15) is 5.10 Å². The van der Waals surface area contributed by atoms with Gasteiger partial charge in [-0.15, -0.1) is 0 Å². The molecule has 2 aromatic rings. The van der Waals surface area contributed by atoms with Gasteiger partial charge in [0.2, 0.25) is 5.78 Å². The summed E-state index contributed by atoms with van der Waals surface area (Å²) in [6, 6.07) is 16.2. The summed E-state index contributed by atoms with van der Waals surface area (Å²) in [5, 5.41) is 3.76. The summed E-state index contributed by atoms with van der Waals surface area (Å²) in [5.41, 5.74) is 4.00. The maximum atomic E-state index is 11.9. The van der Waals surface area contributed by atoms with E-state index in [-0.39, 0.29) is 11.0 Å². The summed E-state index contributed by atoms with van der Waals surface area (Å²) in [6.07, 6.45) is 0. The lowest BCUT2D eigenvalue weighted by molar-refractivity contribution is 0.106. The van der Waals surface area contributed by atoms with Crippen molar-refractivity contribution in [3.63, 3.8) is 0 Å². The average Bonchev–Trinajstić information content (AvgIpc) is 2.46. The van der Waals surface area contributed by atoms with E-state index in [9.17, 15) is 4.79 Å². The normalized spacial score (nSPS) is 11.2. The van der Waals surface area contributed by atoms with Crippen molar-refractivity contribution in [3.8, 4) is 0 Å². The van der Waals surface area contributed by atoms with E-state index in [0.29, 0.717) is 5.56 Å². The lowest BCUT2D eigenvalue weighted by Crippen LogP contribution is -2.09. The molecule has 0 radical (unpaired) electrons. The largest absolute Gasteiger partial charge is 0.286 e. The molecule has 19 heavy (non-hydrogen) atoms. The number of anilines is 1. The number of benzene rings is 2. The minimum atomic E-state index is -0.313. The first-order valence-electron chi connectivity index (χ1n) is 5.51. The SMILES string of the molecule is O=C(/C(Cl)=N/Nc1ccc(Br)cc1)c1ccccc1. The third-order valence-corrected chi connectivity index (χ3v) is 3.14. The van der Waals surface area contributed by atoms with E-state index in [4.69, 9.17) is 11.6 Å².